The van der Waals surface area contributed by atoms with Crippen LogP contribution in [0.3, 0.4) is 0 Å². The molecular weight excluding hydrogens is 384 g/mol. The maximum atomic E-state index is 11.7. The van der Waals surface area contributed by atoms with Gasteiger partial charge in [0, 0.05) is 6.42 Å². The smallest absolute Gasteiger partial charge is 0.466 e. The molecule has 0 amide bonds. The molecule has 0 saturated carbocycles. The molecule has 0 aromatic heterocycles. The standard InChI is InChI=1S/C20H28O9/c1-4-5-10-25-19(22)9-7-16-6-8-17(18(11-16)26-13-24-12-21)27-14-28-20(23)29-15(2)3/h6,8,11-12,15H,4-5,7,9-10,13-14H2,1-3H3. The first kappa shape index (κ1) is 24.1. The number of ether oxygens (including phenoxy) is 6. The molecule has 0 aliphatic rings. The lowest BCUT2D eigenvalue weighted by Crippen LogP contribution is -2.16. The predicted molar refractivity (Wildman–Crippen MR) is 101 cm³/mol. The molecule has 0 bridgehead atoms. The van der Waals surface area contributed by atoms with Crippen molar-refractivity contribution >= 4 is 18.6 Å². The van der Waals surface area contributed by atoms with Gasteiger partial charge in [0.15, 0.2) is 11.5 Å². The van der Waals surface area contributed by atoms with E-state index in [9.17, 15) is 14.4 Å². The van der Waals surface area contributed by atoms with Gasteiger partial charge in [-0.1, -0.05) is 19.4 Å². The zero-order valence-electron chi connectivity index (χ0n) is 17.0. The van der Waals surface area contributed by atoms with Gasteiger partial charge in [-0.2, -0.15) is 0 Å². The van der Waals surface area contributed by atoms with E-state index in [1.165, 1.54) is 0 Å². The molecule has 1 rings (SSSR count). The molecule has 1 aromatic rings. The number of unbranched alkanes of at least 4 members (excludes halogenated alkanes) is 1. The minimum atomic E-state index is -0.857. The lowest BCUT2D eigenvalue weighted by Gasteiger charge is -2.14. The molecule has 0 radical (unpaired) electrons. The lowest BCUT2D eigenvalue weighted by molar-refractivity contribution is -0.143. The third-order valence-corrected chi connectivity index (χ3v) is 3.46. The Balaban J connectivity index is 2.64. The Labute approximate surface area is 170 Å². The van der Waals surface area contributed by atoms with Gasteiger partial charge < -0.3 is 28.4 Å². The third kappa shape index (κ3) is 10.8. The summed E-state index contributed by atoms with van der Waals surface area (Å²) in [5.74, 6) is 0.262. The molecule has 0 saturated heterocycles. The average molecular weight is 412 g/mol. The second-order valence-electron chi connectivity index (χ2n) is 6.20. The Bertz CT molecular complexity index is 643. The number of hydrogen-bond acceptors (Lipinski definition) is 9. The van der Waals surface area contributed by atoms with E-state index in [1.54, 1.807) is 32.0 Å². The van der Waals surface area contributed by atoms with Gasteiger partial charge in [-0.25, -0.2) is 4.79 Å². The van der Waals surface area contributed by atoms with Crippen LogP contribution < -0.4 is 9.47 Å². The second kappa shape index (κ2) is 14.1. The second-order valence-corrected chi connectivity index (χ2v) is 6.20. The highest BCUT2D eigenvalue weighted by atomic mass is 16.8. The average Bonchev–Trinajstić information content (AvgIpc) is 2.67. The van der Waals surface area contributed by atoms with Crippen molar-refractivity contribution in [2.45, 2.75) is 52.6 Å². The summed E-state index contributed by atoms with van der Waals surface area (Å²) in [6.07, 6.45) is 1.28. The van der Waals surface area contributed by atoms with Crippen LogP contribution in [0.1, 0.15) is 45.6 Å². The van der Waals surface area contributed by atoms with Crippen molar-refractivity contribution in [3.8, 4) is 11.5 Å². The Morgan fingerprint density at radius 1 is 1.07 bits per heavy atom. The van der Waals surface area contributed by atoms with Gasteiger partial charge >= 0.3 is 12.1 Å². The largest absolute Gasteiger partial charge is 0.511 e. The van der Waals surface area contributed by atoms with E-state index in [4.69, 9.17) is 23.7 Å². The zero-order valence-corrected chi connectivity index (χ0v) is 17.0. The number of rotatable bonds is 14. The zero-order chi connectivity index (χ0) is 21.5. The summed E-state index contributed by atoms with van der Waals surface area (Å²) in [4.78, 5) is 33.4. The van der Waals surface area contributed by atoms with E-state index in [2.05, 4.69) is 4.74 Å². The molecule has 0 heterocycles. The van der Waals surface area contributed by atoms with Crippen LogP contribution in [0, 0.1) is 0 Å². The van der Waals surface area contributed by atoms with Gasteiger partial charge in [-0.15, -0.1) is 0 Å². The van der Waals surface area contributed by atoms with Gasteiger partial charge in [0.05, 0.1) is 12.7 Å². The summed E-state index contributed by atoms with van der Waals surface area (Å²) in [6.45, 7) is 5.36. The molecule has 29 heavy (non-hydrogen) atoms. The van der Waals surface area contributed by atoms with Crippen LogP contribution in [0.5, 0.6) is 11.5 Å². The summed E-state index contributed by atoms with van der Waals surface area (Å²) in [7, 11) is 0. The van der Waals surface area contributed by atoms with E-state index >= 15 is 0 Å². The molecule has 162 valence electrons. The fourth-order valence-electron chi connectivity index (χ4n) is 2.08. The quantitative estimate of drug-likeness (QED) is 0.149. The summed E-state index contributed by atoms with van der Waals surface area (Å²) in [5, 5.41) is 0. The first-order chi connectivity index (χ1) is 14.0. The van der Waals surface area contributed by atoms with Crippen LogP contribution in [0.25, 0.3) is 0 Å². The van der Waals surface area contributed by atoms with Crippen LogP contribution in [-0.2, 0) is 35.0 Å². The van der Waals surface area contributed by atoms with E-state index in [0.717, 1.165) is 18.4 Å². The van der Waals surface area contributed by atoms with Gasteiger partial charge in [0.1, 0.15) is 0 Å². The van der Waals surface area contributed by atoms with Gasteiger partial charge in [0.25, 0.3) is 6.47 Å². The van der Waals surface area contributed by atoms with Gasteiger partial charge in [-0.3, -0.25) is 9.59 Å². The van der Waals surface area contributed by atoms with Crippen LogP contribution >= 0.6 is 0 Å². The maximum absolute atomic E-state index is 11.7. The fraction of sp³-hybridized carbons (Fsp3) is 0.550. The Kier molecular flexibility index (Phi) is 11.7. The Morgan fingerprint density at radius 3 is 2.52 bits per heavy atom. The highest BCUT2D eigenvalue weighted by Gasteiger charge is 2.12. The summed E-state index contributed by atoms with van der Waals surface area (Å²) >= 11 is 0. The highest BCUT2D eigenvalue weighted by Crippen LogP contribution is 2.29. The van der Waals surface area contributed by atoms with Crippen molar-refractivity contribution in [3.63, 3.8) is 0 Å². The number of aryl methyl sites for hydroxylation is 1. The van der Waals surface area contributed by atoms with E-state index in [1.807, 2.05) is 6.92 Å². The summed E-state index contributed by atoms with van der Waals surface area (Å²) in [5.41, 5.74) is 0.797. The maximum Gasteiger partial charge on any atom is 0.511 e. The number of hydrogen-bond donors (Lipinski definition) is 0. The van der Waals surface area contributed by atoms with Crippen molar-refractivity contribution in [1.29, 1.82) is 0 Å². The van der Waals surface area contributed by atoms with E-state index in [0.29, 0.717) is 13.0 Å². The molecule has 0 unspecified atom stereocenters. The molecular formula is C20H28O9. The predicted octanol–water partition coefficient (Wildman–Crippen LogP) is 3.37. The van der Waals surface area contributed by atoms with Crippen molar-refractivity contribution in [2.24, 2.45) is 0 Å². The van der Waals surface area contributed by atoms with Crippen molar-refractivity contribution in [1.82, 2.24) is 0 Å². The van der Waals surface area contributed by atoms with Crippen LogP contribution in [-0.4, -0.2) is 44.9 Å². The minimum absolute atomic E-state index is 0.221. The van der Waals surface area contributed by atoms with E-state index < -0.39 is 6.16 Å². The molecule has 0 aliphatic carbocycles. The minimum Gasteiger partial charge on any atom is -0.466 e. The molecule has 9 nitrogen and oxygen atoms in total. The number of carbonyl (C=O) groups is 3. The van der Waals surface area contributed by atoms with Crippen LogP contribution in [0.15, 0.2) is 18.2 Å². The Hall–Kier alpha value is -2.97. The monoisotopic (exact) mass is 412 g/mol. The van der Waals surface area contributed by atoms with Gasteiger partial charge in [0.2, 0.25) is 13.6 Å². The number of benzene rings is 1. The summed E-state index contributed by atoms with van der Waals surface area (Å²) < 4.78 is 30.0. The molecule has 9 heteroatoms. The van der Waals surface area contributed by atoms with Gasteiger partial charge in [-0.05, 0) is 44.4 Å². The summed E-state index contributed by atoms with van der Waals surface area (Å²) in [6, 6.07) is 4.99. The van der Waals surface area contributed by atoms with E-state index in [-0.39, 0.29) is 50.1 Å². The van der Waals surface area contributed by atoms with Crippen LogP contribution in [0.2, 0.25) is 0 Å². The fourth-order valence-corrected chi connectivity index (χ4v) is 2.08. The topological polar surface area (TPSA) is 107 Å². The lowest BCUT2D eigenvalue weighted by atomic mass is 10.1. The highest BCUT2D eigenvalue weighted by molar-refractivity contribution is 5.69. The first-order valence-electron chi connectivity index (χ1n) is 9.39. The van der Waals surface area contributed by atoms with Crippen LogP contribution in [0.4, 0.5) is 4.79 Å². The molecule has 1 aromatic carbocycles. The molecule has 0 atom stereocenters. The number of carbonyl (C=O) groups excluding carboxylic acids is 3. The SMILES string of the molecule is CCCCOC(=O)CCc1ccc(OCOC(=O)OC(C)C)c(OCOC=O)c1. The van der Waals surface area contributed by atoms with Crippen molar-refractivity contribution < 1.29 is 42.8 Å². The molecule has 0 N–H and O–H groups in total. The molecule has 0 spiro atoms. The third-order valence-electron chi connectivity index (χ3n) is 3.46. The van der Waals surface area contributed by atoms with Crippen molar-refractivity contribution in [2.75, 3.05) is 20.2 Å². The molecule has 0 aliphatic heterocycles. The van der Waals surface area contributed by atoms with Crippen molar-refractivity contribution in [3.05, 3.63) is 23.8 Å². The normalized spacial score (nSPS) is 10.2. The Morgan fingerprint density at radius 2 is 1.83 bits per heavy atom. The molecule has 0 fully saturated rings. The number of esters is 1. The first-order valence-corrected chi connectivity index (χ1v) is 9.39.